The molecule has 1 aliphatic heterocycles. The van der Waals surface area contributed by atoms with E-state index in [2.05, 4.69) is 21.4 Å². The lowest BCUT2D eigenvalue weighted by atomic mass is 10.2. The normalized spacial score (nSPS) is 13.9. The molecule has 0 bridgehead atoms. The lowest BCUT2D eigenvalue weighted by Gasteiger charge is -2.27. The Morgan fingerprint density at radius 1 is 1.18 bits per heavy atom. The third-order valence-electron chi connectivity index (χ3n) is 3.72. The zero-order valence-corrected chi connectivity index (χ0v) is 15.4. The van der Waals surface area contributed by atoms with E-state index in [0.717, 1.165) is 48.7 Å². The Kier molecular flexibility index (Phi) is 7.51. The fourth-order valence-electron chi connectivity index (χ4n) is 2.34. The highest BCUT2D eigenvalue weighted by Gasteiger charge is 2.30. The van der Waals surface area contributed by atoms with Crippen LogP contribution in [0, 0.1) is 0 Å². The van der Waals surface area contributed by atoms with E-state index in [9.17, 15) is 18.0 Å². The molecule has 150 valence electrons. The number of alkyl halides is 3. The Labute approximate surface area is 161 Å². The number of aromatic nitrogens is 2. The second kappa shape index (κ2) is 9.84. The van der Waals surface area contributed by atoms with Gasteiger partial charge in [0.2, 0.25) is 0 Å². The zero-order chi connectivity index (χ0) is 20.6. The molecular weight excluding hydrogens is 373 g/mol. The summed E-state index contributed by atoms with van der Waals surface area (Å²) in [5, 5.41) is 0.896. The first kappa shape index (κ1) is 21.4. The minimum atomic E-state index is -4.67. The molecule has 0 unspecified atom stereocenters. The summed E-state index contributed by atoms with van der Waals surface area (Å²) in [4.78, 5) is 21.5. The lowest BCUT2D eigenvalue weighted by molar-refractivity contribution is -0.146. The SMILES string of the molecule is C=C(C)c1cc(N2CCOCC2)ncn1.O=C(NC(F)(F)F)c1ccccc1. The molecular formula is C19H21F3N4O2. The number of nitrogens with one attached hydrogen (secondary N) is 1. The van der Waals surface area contributed by atoms with Gasteiger partial charge in [-0.2, -0.15) is 13.2 Å². The van der Waals surface area contributed by atoms with E-state index in [-0.39, 0.29) is 5.56 Å². The van der Waals surface area contributed by atoms with Gasteiger partial charge in [0.1, 0.15) is 12.1 Å². The van der Waals surface area contributed by atoms with E-state index in [1.54, 1.807) is 12.4 Å². The molecule has 6 nitrogen and oxygen atoms in total. The van der Waals surface area contributed by atoms with Crippen molar-refractivity contribution in [1.82, 2.24) is 15.3 Å². The number of amides is 1. The first-order valence-corrected chi connectivity index (χ1v) is 8.51. The van der Waals surface area contributed by atoms with Gasteiger partial charge in [0.15, 0.2) is 0 Å². The number of hydrogen-bond acceptors (Lipinski definition) is 5. The summed E-state index contributed by atoms with van der Waals surface area (Å²) in [6.07, 6.45) is -3.08. The van der Waals surface area contributed by atoms with Gasteiger partial charge < -0.3 is 9.64 Å². The number of carbonyl (C=O) groups is 1. The Morgan fingerprint density at radius 2 is 1.82 bits per heavy atom. The summed E-state index contributed by atoms with van der Waals surface area (Å²) in [5.74, 6) is -0.181. The summed E-state index contributed by atoms with van der Waals surface area (Å²) in [6.45, 7) is 9.16. The van der Waals surface area contributed by atoms with Crippen molar-refractivity contribution in [3.63, 3.8) is 0 Å². The molecule has 1 N–H and O–H groups in total. The number of morpholine rings is 1. The van der Waals surface area contributed by atoms with Crippen LogP contribution in [0.3, 0.4) is 0 Å². The van der Waals surface area contributed by atoms with Gasteiger partial charge >= 0.3 is 6.30 Å². The van der Waals surface area contributed by atoms with Crippen molar-refractivity contribution in [1.29, 1.82) is 0 Å². The molecule has 1 amide bonds. The zero-order valence-electron chi connectivity index (χ0n) is 15.4. The van der Waals surface area contributed by atoms with Gasteiger partial charge in [0.25, 0.3) is 5.91 Å². The number of ether oxygens (including phenoxy) is 1. The maximum Gasteiger partial charge on any atom is 0.484 e. The third-order valence-corrected chi connectivity index (χ3v) is 3.72. The molecule has 1 aromatic carbocycles. The third kappa shape index (κ3) is 6.99. The minimum Gasteiger partial charge on any atom is -0.378 e. The lowest BCUT2D eigenvalue weighted by Crippen LogP contribution is -2.37. The van der Waals surface area contributed by atoms with Gasteiger partial charge in [-0.1, -0.05) is 24.8 Å². The van der Waals surface area contributed by atoms with Crippen molar-refractivity contribution in [2.75, 3.05) is 31.2 Å². The Bertz CT molecular complexity index is 791. The topological polar surface area (TPSA) is 67.3 Å². The first-order chi connectivity index (χ1) is 13.3. The quantitative estimate of drug-likeness (QED) is 0.810. The van der Waals surface area contributed by atoms with E-state index in [4.69, 9.17) is 4.74 Å². The fourth-order valence-corrected chi connectivity index (χ4v) is 2.34. The summed E-state index contributed by atoms with van der Waals surface area (Å²) < 4.78 is 40.3. The highest BCUT2D eigenvalue weighted by molar-refractivity contribution is 5.94. The van der Waals surface area contributed by atoms with Crippen LogP contribution in [0.4, 0.5) is 19.0 Å². The number of anilines is 1. The number of halogens is 3. The van der Waals surface area contributed by atoms with Gasteiger partial charge in [0.05, 0.1) is 18.9 Å². The van der Waals surface area contributed by atoms with Crippen LogP contribution in [0.1, 0.15) is 23.0 Å². The average molecular weight is 394 g/mol. The highest BCUT2D eigenvalue weighted by atomic mass is 19.4. The van der Waals surface area contributed by atoms with Crippen LogP contribution in [0.5, 0.6) is 0 Å². The van der Waals surface area contributed by atoms with Gasteiger partial charge in [-0.05, 0) is 24.6 Å². The molecule has 0 radical (unpaired) electrons. The van der Waals surface area contributed by atoms with Crippen molar-refractivity contribution >= 4 is 17.3 Å². The van der Waals surface area contributed by atoms with Crippen LogP contribution >= 0.6 is 0 Å². The number of carbonyl (C=O) groups excluding carboxylic acids is 1. The van der Waals surface area contributed by atoms with Crippen molar-refractivity contribution in [2.45, 2.75) is 13.2 Å². The van der Waals surface area contributed by atoms with Crippen LogP contribution in [0.25, 0.3) is 5.57 Å². The van der Waals surface area contributed by atoms with Gasteiger partial charge in [-0.25, -0.2) is 9.97 Å². The van der Waals surface area contributed by atoms with E-state index in [0.29, 0.717) is 0 Å². The molecule has 2 aromatic rings. The monoisotopic (exact) mass is 394 g/mol. The number of benzene rings is 1. The predicted octanol–water partition coefficient (Wildman–Crippen LogP) is 3.28. The molecule has 28 heavy (non-hydrogen) atoms. The molecule has 0 atom stereocenters. The molecule has 0 spiro atoms. The standard InChI is InChI=1S/C11H15N3O.C8H6F3NO/c1-9(2)10-7-11(13-8-12-10)14-3-5-15-6-4-14;9-8(10,11)12-7(13)6-4-2-1-3-5-6/h7-8H,1,3-6H2,2H3;1-5H,(H,12,13). The smallest absolute Gasteiger partial charge is 0.378 e. The number of nitrogens with zero attached hydrogens (tertiary/aromatic N) is 3. The van der Waals surface area contributed by atoms with E-state index < -0.39 is 12.2 Å². The molecule has 0 saturated carbocycles. The fraction of sp³-hybridized carbons (Fsp3) is 0.316. The second-order valence-corrected chi connectivity index (χ2v) is 5.96. The molecule has 0 aliphatic carbocycles. The van der Waals surface area contributed by atoms with Gasteiger partial charge in [-0.3, -0.25) is 10.1 Å². The summed E-state index contributed by atoms with van der Waals surface area (Å²) in [6, 6.07) is 9.19. The van der Waals surface area contributed by atoms with Crippen LogP contribution in [0.2, 0.25) is 0 Å². The van der Waals surface area contributed by atoms with Crippen LogP contribution in [-0.4, -0.2) is 48.5 Å². The minimum absolute atomic E-state index is 0.0141. The van der Waals surface area contributed by atoms with Crippen molar-refractivity contribution in [3.8, 4) is 0 Å². The molecule has 1 aliphatic rings. The largest absolute Gasteiger partial charge is 0.484 e. The van der Waals surface area contributed by atoms with E-state index in [1.807, 2.05) is 13.0 Å². The Hall–Kier alpha value is -2.94. The van der Waals surface area contributed by atoms with Gasteiger partial charge in [0, 0.05) is 24.7 Å². The van der Waals surface area contributed by atoms with Crippen LogP contribution in [0.15, 0.2) is 49.3 Å². The molecule has 9 heteroatoms. The summed E-state index contributed by atoms with van der Waals surface area (Å²) in [7, 11) is 0. The molecule has 1 fully saturated rings. The average Bonchev–Trinajstić information content (AvgIpc) is 2.69. The maximum absolute atomic E-state index is 11.7. The van der Waals surface area contributed by atoms with Crippen LogP contribution < -0.4 is 10.2 Å². The predicted molar refractivity (Wildman–Crippen MR) is 99.7 cm³/mol. The molecule has 1 saturated heterocycles. The number of allylic oxidation sites excluding steroid dienone is 1. The van der Waals surface area contributed by atoms with Crippen molar-refractivity contribution in [3.05, 3.63) is 60.6 Å². The van der Waals surface area contributed by atoms with Crippen molar-refractivity contribution < 1.29 is 22.7 Å². The van der Waals surface area contributed by atoms with Crippen molar-refractivity contribution in [2.24, 2.45) is 0 Å². The van der Waals surface area contributed by atoms with Gasteiger partial charge in [-0.15, -0.1) is 0 Å². The Morgan fingerprint density at radius 3 is 2.39 bits per heavy atom. The van der Waals surface area contributed by atoms with E-state index in [1.165, 1.54) is 24.3 Å². The second-order valence-electron chi connectivity index (χ2n) is 5.96. The maximum atomic E-state index is 11.7. The summed E-state index contributed by atoms with van der Waals surface area (Å²) in [5.41, 5.74) is 1.86. The van der Waals surface area contributed by atoms with Crippen LogP contribution in [-0.2, 0) is 4.74 Å². The number of hydrogen-bond donors (Lipinski definition) is 1. The molecule has 2 heterocycles. The molecule has 1 aromatic heterocycles. The van der Waals surface area contributed by atoms with E-state index >= 15 is 0 Å². The highest BCUT2D eigenvalue weighted by Crippen LogP contribution is 2.16. The first-order valence-electron chi connectivity index (χ1n) is 8.51. The summed E-state index contributed by atoms with van der Waals surface area (Å²) >= 11 is 0. The number of rotatable bonds is 3. The molecule has 3 rings (SSSR count). The Balaban J connectivity index is 0.000000203.